The van der Waals surface area contributed by atoms with Gasteiger partial charge in [0.05, 0.1) is 15.7 Å². The molecule has 0 aromatic heterocycles. The number of hydrogen-bond acceptors (Lipinski definition) is 3. The molecule has 1 aliphatic heterocycles. The van der Waals surface area contributed by atoms with Gasteiger partial charge in [-0.2, -0.15) is 5.26 Å². The lowest BCUT2D eigenvalue weighted by atomic mass is 10.1. The van der Waals surface area contributed by atoms with E-state index in [1.807, 2.05) is 11.1 Å². The van der Waals surface area contributed by atoms with Crippen LogP contribution >= 0.6 is 15.9 Å². The quantitative estimate of drug-likeness (QED) is 0.910. The van der Waals surface area contributed by atoms with Crippen molar-refractivity contribution < 1.29 is 4.39 Å². The monoisotopic (exact) mass is 297 g/mol. The maximum absolute atomic E-state index is 13.9. The van der Waals surface area contributed by atoms with Gasteiger partial charge < -0.3 is 5.43 Å². The Bertz CT molecular complexity index is 450. The molecule has 0 saturated carbocycles. The second-order valence-corrected chi connectivity index (χ2v) is 4.85. The third-order valence-corrected chi connectivity index (χ3v) is 3.61. The molecule has 0 radical (unpaired) electrons. The maximum Gasteiger partial charge on any atom is 0.163 e. The van der Waals surface area contributed by atoms with Crippen LogP contribution < -0.4 is 5.43 Å². The molecule has 1 aliphatic rings. The van der Waals surface area contributed by atoms with Gasteiger partial charge in [-0.25, -0.2) is 9.40 Å². The number of rotatable bonds is 2. The summed E-state index contributed by atoms with van der Waals surface area (Å²) in [5.74, 6) is -0.408. The average molecular weight is 298 g/mol. The van der Waals surface area contributed by atoms with E-state index in [1.165, 1.54) is 6.42 Å². The summed E-state index contributed by atoms with van der Waals surface area (Å²) in [6, 6.07) is 5.15. The van der Waals surface area contributed by atoms with Crippen LogP contribution in [0, 0.1) is 17.1 Å². The first-order chi connectivity index (χ1) is 8.22. The highest BCUT2D eigenvalue weighted by Gasteiger charge is 2.15. The molecule has 2 rings (SSSR count). The molecule has 0 aliphatic carbocycles. The van der Waals surface area contributed by atoms with Crippen molar-refractivity contribution in [3.8, 4) is 6.07 Å². The van der Waals surface area contributed by atoms with E-state index in [1.54, 1.807) is 12.1 Å². The summed E-state index contributed by atoms with van der Waals surface area (Å²) >= 11 is 3.10. The van der Waals surface area contributed by atoms with Gasteiger partial charge in [-0.1, -0.05) is 6.42 Å². The van der Waals surface area contributed by atoms with Crippen LogP contribution in [0.15, 0.2) is 16.6 Å². The summed E-state index contributed by atoms with van der Waals surface area (Å²) in [5, 5.41) is 10.8. The Morgan fingerprint density at radius 1 is 1.29 bits per heavy atom. The summed E-state index contributed by atoms with van der Waals surface area (Å²) < 4.78 is 14.1. The molecule has 0 bridgehead atoms. The van der Waals surface area contributed by atoms with Crippen LogP contribution in [0.25, 0.3) is 0 Å². The minimum absolute atomic E-state index is 0.224. The van der Waals surface area contributed by atoms with E-state index >= 15 is 0 Å². The molecule has 0 spiro atoms. The van der Waals surface area contributed by atoms with Crippen LogP contribution in [0.5, 0.6) is 0 Å². The van der Waals surface area contributed by atoms with Gasteiger partial charge in [0.25, 0.3) is 0 Å². The highest BCUT2D eigenvalue weighted by molar-refractivity contribution is 9.10. The van der Waals surface area contributed by atoms with Crippen LogP contribution in [0.3, 0.4) is 0 Å². The standard InChI is InChI=1S/C12H13BrFN3/c13-11-9(8-15)4-5-10(12(11)14)16-17-6-2-1-3-7-17/h4-5,16H,1-3,6-7H2. The second kappa shape index (κ2) is 5.48. The normalized spacial score (nSPS) is 16.5. The van der Waals surface area contributed by atoms with Gasteiger partial charge in [-0.05, 0) is 40.9 Å². The Labute approximate surface area is 108 Å². The van der Waals surface area contributed by atoms with Crippen molar-refractivity contribution >= 4 is 21.6 Å². The van der Waals surface area contributed by atoms with Gasteiger partial charge >= 0.3 is 0 Å². The lowest BCUT2D eigenvalue weighted by Gasteiger charge is -2.28. The molecule has 1 N–H and O–H groups in total. The highest BCUT2D eigenvalue weighted by Crippen LogP contribution is 2.27. The van der Waals surface area contributed by atoms with E-state index in [9.17, 15) is 4.39 Å². The first-order valence-electron chi connectivity index (χ1n) is 5.62. The molecule has 0 atom stereocenters. The van der Waals surface area contributed by atoms with Gasteiger partial charge in [-0.15, -0.1) is 0 Å². The predicted octanol–water partition coefficient (Wildman–Crippen LogP) is 3.27. The third kappa shape index (κ3) is 2.76. The zero-order valence-electron chi connectivity index (χ0n) is 9.34. The molecule has 3 nitrogen and oxygen atoms in total. The predicted molar refractivity (Wildman–Crippen MR) is 67.9 cm³/mol. The van der Waals surface area contributed by atoms with Crippen molar-refractivity contribution in [3.63, 3.8) is 0 Å². The summed E-state index contributed by atoms with van der Waals surface area (Å²) in [6.45, 7) is 1.86. The van der Waals surface area contributed by atoms with Gasteiger partial charge in [0, 0.05) is 13.1 Å². The van der Waals surface area contributed by atoms with Gasteiger partial charge in [0.2, 0.25) is 0 Å². The van der Waals surface area contributed by atoms with E-state index in [0.29, 0.717) is 11.3 Å². The van der Waals surface area contributed by atoms with E-state index in [4.69, 9.17) is 5.26 Å². The van der Waals surface area contributed by atoms with Crippen molar-refractivity contribution in [3.05, 3.63) is 28.0 Å². The van der Waals surface area contributed by atoms with Crippen molar-refractivity contribution in [2.24, 2.45) is 0 Å². The summed E-state index contributed by atoms with van der Waals surface area (Å²) in [4.78, 5) is 0. The number of nitriles is 1. The molecule has 5 heteroatoms. The fraction of sp³-hybridized carbons (Fsp3) is 0.417. The molecule has 1 aromatic rings. The minimum atomic E-state index is -0.408. The van der Waals surface area contributed by atoms with Gasteiger partial charge in [0.15, 0.2) is 5.82 Å². The van der Waals surface area contributed by atoms with Crippen molar-refractivity contribution in [1.82, 2.24) is 5.01 Å². The SMILES string of the molecule is N#Cc1ccc(NN2CCCCC2)c(F)c1Br. The molecule has 1 fully saturated rings. The minimum Gasteiger partial charge on any atom is -0.316 e. The zero-order valence-corrected chi connectivity index (χ0v) is 10.9. The summed E-state index contributed by atoms with van der Waals surface area (Å²) in [5.41, 5.74) is 3.79. The van der Waals surface area contributed by atoms with Crippen LogP contribution in [-0.4, -0.2) is 18.1 Å². The van der Waals surface area contributed by atoms with Crippen LogP contribution in [0.4, 0.5) is 10.1 Å². The number of nitrogens with zero attached hydrogens (tertiary/aromatic N) is 2. The maximum atomic E-state index is 13.9. The molecule has 0 unspecified atom stereocenters. The number of hydrogen-bond donors (Lipinski definition) is 1. The van der Waals surface area contributed by atoms with Crippen molar-refractivity contribution in [1.29, 1.82) is 5.26 Å². The van der Waals surface area contributed by atoms with Crippen molar-refractivity contribution in [2.45, 2.75) is 19.3 Å². The molecule has 1 aromatic carbocycles. The lowest BCUT2D eigenvalue weighted by molar-refractivity contribution is 0.272. The van der Waals surface area contributed by atoms with E-state index < -0.39 is 5.82 Å². The van der Waals surface area contributed by atoms with Gasteiger partial charge in [-0.3, -0.25) is 0 Å². The Kier molecular flexibility index (Phi) is 3.97. The number of nitrogens with one attached hydrogen (secondary N) is 1. The second-order valence-electron chi connectivity index (χ2n) is 4.06. The number of piperidine rings is 1. The fourth-order valence-electron chi connectivity index (χ4n) is 1.90. The topological polar surface area (TPSA) is 39.1 Å². The number of benzene rings is 1. The molecule has 17 heavy (non-hydrogen) atoms. The molecular formula is C12H13BrFN3. The summed E-state index contributed by atoms with van der Waals surface area (Å²) in [6.07, 6.45) is 3.50. The Morgan fingerprint density at radius 2 is 2.00 bits per heavy atom. The zero-order chi connectivity index (χ0) is 12.3. The Balaban J connectivity index is 2.16. The van der Waals surface area contributed by atoms with Crippen LogP contribution in [0.2, 0.25) is 0 Å². The van der Waals surface area contributed by atoms with E-state index in [0.717, 1.165) is 25.9 Å². The van der Waals surface area contributed by atoms with Gasteiger partial charge in [0.1, 0.15) is 6.07 Å². The first kappa shape index (κ1) is 12.3. The molecule has 0 amide bonds. The molecule has 90 valence electrons. The smallest absolute Gasteiger partial charge is 0.163 e. The molecule has 1 heterocycles. The third-order valence-electron chi connectivity index (χ3n) is 2.84. The number of hydrazine groups is 1. The number of anilines is 1. The molecule has 1 saturated heterocycles. The largest absolute Gasteiger partial charge is 0.316 e. The number of halogens is 2. The van der Waals surface area contributed by atoms with Crippen LogP contribution in [0.1, 0.15) is 24.8 Å². The average Bonchev–Trinajstić information content (AvgIpc) is 2.37. The Morgan fingerprint density at radius 3 is 2.65 bits per heavy atom. The highest BCUT2D eigenvalue weighted by atomic mass is 79.9. The molecular weight excluding hydrogens is 285 g/mol. The van der Waals surface area contributed by atoms with E-state index in [2.05, 4.69) is 21.4 Å². The first-order valence-corrected chi connectivity index (χ1v) is 6.41. The van der Waals surface area contributed by atoms with Crippen LogP contribution in [-0.2, 0) is 0 Å². The fourth-order valence-corrected chi connectivity index (χ4v) is 2.33. The lowest BCUT2D eigenvalue weighted by Crippen LogP contribution is -2.35. The van der Waals surface area contributed by atoms with Crippen molar-refractivity contribution in [2.75, 3.05) is 18.5 Å². The summed E-state index contributed by atoms with van der Waals surface area (Å²) in [7, 11) is 0. The Hall–Kier alpha value is -1.12. The van der Waals surface area contributed by atoms with E-state index in [-0.39, 0.29) is 4.47 Å².